The van der Waals surface area contributed by atoms with Crippen molar-refractivity contribution in [3.05, 3.63) is 0 Å². The van der Waals surface area contributed by atoms with Crippen LogP contribution in [0, 0.1) is 5.92 Å². The van der Waals surface area contributed by atoms with Crippen LogP contribution in [-0.4, -0.2) is 61.0 Å². The van der Waals surface area contributed by atoms with Gasteiger partial charge in [0.1, 0.15) is 0 Å². The number of amides is 1. The summed E-state index contributed by atoms with van der Waals surface area (Å²) in [6.07, 6.45) is 2.28. The fourth-order valence-electron chi connectivity index (χ4n) is 2.38. The molecule has 1 heterocycles. The number of carbonyl (C=O) groups is 2. The van der Waals surface area contributed by atoms with E-state index in [-0.39, 0.29) is 18.4 Å². The molecule has 0 radical (unpaired) electrons. The number of likely N-dealkylation sites (N-methyl/N-ethyl adjacent to an activating group) is 1. The summed E-state index contributed by atoms with van der Waals surface area (Å²) in [6.45, 7) is 9.16. The average molecular weight is 270 g/mol. The van der Waals surface area contributed by atoms with Crippen LogP contribution in [0.3, 0.4) is 0 Å². The summed E-state index contributed by atoms with van der Waals surface area (Å²) in [6, 6.07) is 0. The predicted molar refractivity (Wildman–Crippen MR) is 73.7 cm³/mol. The molecule has 1 aliphatic rings. The fourth-order valence-corrected chi connectivity index (χ4v) is 2.38. The molecule has 1 saturated heterocycles. The molecule has 5 heteroatoms. The molecule has 5 nitrogen and oxygen atoms in total. The van der Waals surface area contributed by atoms with E-state index in [0.717, 1.165) is 19.5 Å². The van der Waals surface area contributed by atoms with E-state index in [0.29, 0.717) is 25.6 Å². The van der Waals surface area contributed by atoms with Crippen LogP contribution in [0.5, 0.6) is 0 Å². The SMILES string of the molecule is CCOC(=O)CN(CC)CC(=O)N1CCCC(C)C1. The van der Waals surface area contributed by atoms with E-state index >= 15 is 0 Å². The Balaban J connectivity index is 2.41. The minimum atomic E-state index is -0.260. The monoisotopic (exact) mass is 270 g/mol. The van der Waals surface area contributed by atoms with E-state index in [1.807, 2.05) is 16.7 Å². The van der Waals surface area contributed by atoms with Crippen molar-refractivity contribution in [2.75, 3.05) is 39.3 Å². The standard InChI is InChI=1S/C14H26N2O3/c1-4-15(11-14(18)19-5-2)10-13(17)16-8-6-7-12(3)9-16/h12H,4-11H2,1-3H3. The maximum Gasteiger partial charge on any atom is 0.320 e. The lowest BCUT2D eigenvalue weighted by atomic mass is 10.0. The molecule has 110 valence electrons. The van der Waals surface area contributed by atoms with E-state index in [2.05, 4.69) is 6.92 Å². The summed E-state index contributed by atoms with van der Waals surface area (Å²) < 4.78 is 4.91. The normalized spacial score (nSPS) is 19.6. The van der Waals surface area contributed by atoms with Gasteiger partial charge in [-0.05, 0) is 32.2 Å². The third-order valence-electron chi connectivity index (χ3n) is 3.47. The van der Waals surface area contributed by atoms with Crippen molar-refractivity contribution >= 4 is 11.9 Å². The minimum absolute atomic E-state index is 0.123. The number of likely N-dealkylation sites (tertiary alicyclic amines) is 1. The lowest BCUT2D eigenvalue weighted by Gasteiger charge is -2.32. The van der Waals surface area contributed by atoms with Gasteiger partial charge in [-0.1, -0.05) is 13.8 Å². The summed E-state index contributed by atoms with van der Waals surface area (Å²) in [5.74, 6) is 0.444. The number of piperidine rings is 1. The molecule has 0 aromatic rings. The molecular formula is C14H26N2O3. The van der Waals surface area contributed by atoms with Gasteiger partial charge in [0.15, 0.2) is 0 Å². The molecular weight excluding hydrogens is 244 g/mol. The Hall–Kier alpha value is -1.10. The highest BCUT2D eigenvalue weighted by atomic mass is 16.5. The largest absolute Gasteiger partial charge is 0.465 e. The van der Waals surface area contributed by atoms with Gasteiger partial charge >= 0.3 is 5.97 Å². The summed E-state index contributed by atoms with van der Waals surface area (Å²) in [5, 5.41) is 0. The number of carbonyl (C=O) groups excluding carboxylic acids is 2. The van der Waals surface area contributed by atoms with Crippen LogP contribution in [0.1, 0.15) is 33.6 Å². The lowest BCUT2D eigenvalue weighted by Crippen LogP contribution is -2.45. The van der Waals surface area contributed by atoms with Gasteiger partial charge in [-0.25, -0.2) is 0 Å². The fraction of sp³-hybridized carbons (Fsp3) is 0.857. The molecule has 1 rings (SSSR count). The first-order valence-corrected chi connectivity index (χ1v) is 7.22. The molecule has 1 unspecified atom stereocenters. The zero-order valence-corrected chi connectivity index (χ0v) is 12.4. The van der Waals surface area contributed by atoms with Gasteiger partial charge in [0, 0.05) is 13.1 Å². The van der Waals surface area contributed by atoms with Crippen LogP contribution >= 0.6 is 0 Å². The van der Waals surface area contributed by atoms with Crippen molar-refractivity contribution in [1.29, 1.82) is 0 Å². The first-order chi connectivity index (χ1) is 9.06. The van der Waals surface area contributed by atoms with Crippen LogP contribution in [0.15, 0.2) is 0 Å². The summed E-state index contributed by atoms with van der Waals surface area (Å²) in [7, 11) is 0. The molecule has 0 aromatic carbocycles. The van der Waals surface area contributed by atoms with Crippen LogP contribution in [-0.2, 0) is 14.3 Å². The summed E-state index contributed by atoms with van der Waals surface area (Å²) >= 11 is 0. The highest BCUT2D eigenvalue weighted by molar-refractivity contribution is 5.79. The number of rotatable bonds is 6. The molecule has 0 spiro atoms. The summed E-state index contributed by atoms with van der Waals surface area (Å²) in [5.41, 5.74) is 0. The van der Waals surface area contributed by atoms with Crippen LogP contribution in [0.4, 0.5) is 0 Å². The second-order valence-electron chi connectivity index (χ2n) is 5.20. The number of hydrogen-bond acceptors (Lipinski definition) is 4. The molecule has 0 aliphatic carbocycles. The molecule has 0 aromatic heterocycles. The van der Waals surface area contributed by atoms with Crippen LogP contribution in [0.25, 0.3) is 0 Å². The van der Waals surface area contributed by atoms with Crippen LogP contribution < -0.4 is 0 Å². The van der Waals surface area contributed by atoms with Gasteiger partial charge in [-0.2, -0.15) is 0 Å². The van der Waals surface area contributed by atoms with E-state index < -0.39 is 0 Å². The van der Waals surface area contributed by atoms with E-state index in [9.17, 15) is 9.59 Å². The van der Waals surface area contributed by atoms with E-state index in [1.165, 1.54) is 6.42 Å². The highest BCUT2D eigenvalue weighted by Gasteiger charge is 2.23. The van der Waals surface area contributed by atoms with Gasteiger partial charge in [-0.15, -0.1) is 0 Å². The second kappa shape index (κ2) is 8.15. The number of hydrogen-bond donors (Lipinski definition) is 0. The minimum Gasteiger partial charge on any atom is -0.465 e. The second-order valence-corrected chi connectivity index (χ2v) is 5.20. The quantitative estimate of drug-likeness (QED) is 0.679. The Morgan fingerprint density at radius 3 is 2.63 bits per heavy atom. The Morgan fingerprint density at radius 1 is 1.32 bits per heavy atom. The van der Waals surface area contributed by atoms with Gasteiger partial charge in [0.05, 0.1) is 19.7 Å². The Kier molecular flexibility index (Phi) is 6.84. The van der Waals surface area contributed by atoms with Crippen molar-refractivity contribution in [2.24, 2.45) is 5.92 Å². The van der Waals surface area contributed by atoms with Crippen molar-refractivity contribution in [2.45, 2.75) is 33.6 Å². The first-order valence-electron chi connectivity index (χ1n) is 7.22. The van der Waals surface area contributed by atoms with Crippen molar-refractivity contribution in [3.63, 3.8) is 0 Å². The number of esters is 1. The van der Waals surface area contributed by atoms with Gasteiger partial charge in [-0.3, -0.25) is 14.5 Å². The van der Waals surface area contributed by atoms with Crippen LogP contribution in [0.2, 0.25) is 0 Å². The molecule has 0 bridgehead atoms. The average Bonchev–Trinajstić information content (AvgIpc) is 2.38. The van der Waals surface area contributed by atoms with Crippen molar-refractivity contribution < 1.29 is 14.3 Å². The molecule has 1 amide bonds. The van der Waals surface area contributed by atoms with Gasteiger partial charge < -0.3 is 9.64 Å². The van der Waals surface area contributed by atoms with E-state index in [4.69, 9.17) is 4.74 Å². The van der Waals surface area contributed by atoms with Crippen molar-refractivity contribution in [3.8, 4) is 0 Å². The topological polar surface area (TPSA) is 49.9 Å². The molecule has 1 atom stereocenters. The van der Waals surface area contributed by atoms with Gasteiger partial charge in [0.2, 0.25) is 5.91 Å². The lowest BCUT2D eigenvalue weighted by molar-refractivity contribution is -0.145. The third-order valence-corrected chi connectivity index (χ3v) is 3.47. The highest BCUT2D eigenvalue weighted by Crippen LogP contribution is 2.15. The maximum absolute atomic E-state index is 12.2. The Bertz CT molecular complexity index is 307. The van der Waals surface area contributed by atoms with Gasteiger partial charge in [0.25, 0.3) is 0 Å². The molecule has 0 saturated carbocycles. The van der Waals surface area contributed by atoms with E-state index in [1.54, 1.807) is 6.92 Å². The Labute approximate surface area is 115 Å². The smallest absolute Gasteiger partial charge is 0.320 e. The third kappa shape index (κ3) is 5.59. The zero-order valence-electron chi connectivity index (χ0n) is 12.4. The maximum atomic E-state index is 12.2. The molecule has 19 heavy (non-hydrogen) atoms. The number of nitrogens with zero attached hydrogens (tertiary/aromatic N) is 2. The molecule has 1 aliphatic heterocycles. The predicted octanol–water partition coefficient (Wildman–Crippen LogP) is 1.13. The van der Waals surface area contributed by atoms with Crippen molar-refractivity contribution in [1.82, 2.24) is 9.80 Å². The number of ether oxygens (including phenoxy) is 1. The summed E-state index contributed by atoms with van der Waals surface area (Å²) in [4.78, 5) is 27.4. The first kappa shape index (κ1) is 16.0. The Morgan fingerprint density at radius 2 is 2.05 bits per heavy atom. The molecule has 0 N–H and O–H groups in total. The molecule has 1 fully saturated rings. The zero-order chi connectivity index (χ0) is 14.3.